The molecule has 1 N–H and O–H groups in total. The number of rotatable bonds is 4. The van der Waals surface area contributed by atoms with Crippen LogP contribution in [0.15, 0.2) is 30.3 Å². The lowest BCUT2D eigenvalue weighted by Gasteiger charge is -2.31. The Balaban J connectivity index is 1.44. The predicted molar refractivity (Wildman–Crippen MR) is 105 cm³/mol. The SMILES string of the molecule is Cc1nn(-c2ccccc2)c2c1CCN(C(=O)CC1CCC(C(=O)O)CC1)C2. The Hall–Kier alpha value is -2.63. The van der Waals surface area contributed by atoms with E-state index in [9.17, 15) is 9.59 Å². The maximum Gasteiger partial charge on any atom is 0.306 e. The summed E-state index contributed by atoms with van der Waals surface area (Å²) in [6, 6.07) is 10.1. The van der Waals surface area contributed by atoms with Crippen LogP contribution in [0.25, 0.3) is 5.69 Å². The number of hydrogen-bond acceptors (Lipinski definition) is 3. The van der Waals surface area contributed by atoms with E-state index in [1.165, 1.54) is 5.56 Å². The molecule has 2 aromatic rings. The second-order valence-corrected chi connectivity index (χ2v) is 8.08. The molecule has 4 rings (SSSR count). The standard InChI is InChI=1S/C22H27N3O3/c1-15-19-11-12-24(14-20(19)25(23-15)18-5-3-2-4-6-18)21(26)13-16-7-9-17(10-8-16)22(27)28/h2-6,16-17H,7-14H2,1H3,(H,27,28). The summed E-state index contributed by atoms with van der Waals surface area (Å²) >= 11 is 0. The molecular formula is C22H27N3O3. The van der Waals surface area contributed by atoms with Crippen LogP contribution in [-0.4, -0.2) is 38.2 Å². The monoisotopic (exact) mass is 381 g/mol. The Morgan fingerprint density at radius 3 is 2.54 bits per heavy atom. The summed E-state index contributed by atoms with van der Waals surface area (Å²) in [5, 5.41) is 13.9. The number of aryl methyl sites for hydroxylation is 1. The number of para-hydroxylation sites is 1. The molecule has 28 heavy (non-hydrogen) atoms. The van der Waals surface area contributed by atoms with Crippen molar-refractivity contribution in [1.29, 1.82) is 0 Å². The van der Waals surface area contributed by atoms with Crippen molar-refractivity contribution in [3.05, 3.63) is 47.3 Å². The van der Waals surface area contributed by atoms with Crippen molar-refractivity contribution in [3.8, 4) is 5.69 Å². The van der Waals surface area contributed by atoms with Crippen LogP contribution in [0, 0.1) is 18.8 Å². The van der Waals surface area contributed by atoms with Crippen molar-refractivity contribution in [3.63, 3.8) is 0 Å². The van der Waals surface area contributed by atoms with Gasteiger partial charge in [0, 0.05) is 18.5 Å². The maximum absolute atomic E-state index is 12.9. The average molecular weight is 381 g/mol. The van der Waals surface area contributed by atoms with Crippen molar-refractivity contribution >= 4 is 11.9 Å². The second-order valence-electron chi connectivity index (χ2n) is 8.08. The van der Waals surface area contributed by atoms with Crippen LogP contribution in [0.3, 0.4) is 0 Å². The third-order valence-corrected chi connectivity index (χ3v) is 6.28. The lowest BCUT2D eigenvalue weighted by molar-refractivity contribution is -0.143. The predicted octanol–water partition coefficient (Wildman–Crippen LogP) is 3.35. The first kappa shape index (κ1) is 18.7. The highest BCUT2D eigenvalue weighted by Gasteiger charge is 2.31. The van der Waals surface area contributed by atoms with Crippen LogP contribution >= 0.6 is 0 Å². The largest absolute Gasteiger partial charge is 0.481 e. The highest BCUT2D eigenvalue weighted by atomic mass is 16.4. The first-order chi connectivity index (χ1) is 13.5. The maximum atomic E-state index is 12.9. The molecule has 148 valence electrons. The summed E-state index contributed by atoms with van der Waals surface area (Å²) in [6.07, 6.45) is 4.42. The van der Waals surface area contributed by atoms with E-state index in [0.717, 1.165) is 42.9 Å². The van der Waals surface area contributed by atoms with E-state index in [-0.39, 0.29) is 11.8 Å². The molecular weight excluding hydrogens is 354 g/mol. The van der Waals surface area contributed by atoms with Gasteiger partial charge in [0.2, 0.25) is 5.91 Å². The summed E-state index contributed by atoms with van der Waals surface area (Å²) < 4.78 is 1.97. The third kappa shape index (κ3) is 3.68. The molecule has 6 heteroatoms. The Morgan fingerprint density at radius 2 is 1.86 bits per heavy atom. The summed E-state index contributed by atoms with van der Waals surface area (Å²) in [5.41, 5.74) is 4.43. The summed E-state index contributed by atoms with van der Waals surface area (Å²) in [7, 11) is 0. The number of aromatic nitrogens is 2. The Kier molecular flexibility index (Phi) is 5.20. The van der Waals surface area contributed by atoms with Crippen LogP contribution in [0.5, 0.6) is 0 Å². The molecule has 2 heterocycles. The van der Waals surface area contributed by atoms with E-state index in [2.05, 4.69) is 0 Å². The number of aliphatic carboxylic acids is 1. The molecule has 0 radical (unpaired) electrons. The molecule has 0 atom stereocenters. The van der Waals surface area contributed by atoms with E-state index >= 15 is 0 Å². The fourth-order valence-corrected chi connectivity index (χ4v) is 4.59. The zero-order valence-electron chi connectivity index (χ0n) is 16.3. The first-order valence-corrected chi connectivity index (χ1v) is 10.2. The summed E-state index contributed by atoms with van der Waals surface area (Å²) in [4.78, 5) is 26.0. The van der Waals surface area contributed by atoms with Crippen LogP contribution in [0.1, 0.15) is 49.1 Å². The molecule has 0 bridgehead atoms. The number of carbonyl (C=O) groups excluding carboxylic acids is 1. The molecule has 0 spiro atoms. The molecule has 2 aliphatic rings. The van der Waals surface area contributed by atoms with Crippen molar-refractivity contribution < 1.29 is 14.7 Å². The van der Waals surface area contributed by atoms with Gasteiger partial charge in [-0.2, -0.15) is 5.10 Å². The quantitative estimate of drug-likeness (QED) is 0.881. The fourth-order valence-electron chi connectivity index (χ4n) is 4.59. The number of amides is 1. The highest BCUT2D eigenvalue weighted by Crippen LogP contribution is 2.32. The van der Waals surface area contributed by atoms with Gasteiger partial charge < -0.3 is 10.0 Å². The molecule has 1 fully saturated rings. The van der Waals surface area contributed by atoms with Gasteiger partial charge in [0.05, 0.1) is 29.5 Å². The lowest BCUT2D eigenvalue weighted by atomic mass is 9.80. The highest BCUT2D eigenvalue weighted by molar-refractivity contribution is 5.77. The number of carbonyl (C=O) groups is 2. The van der Waals surface area contributed by atoms with Crippen molar-refractivity contribution in [2.24, 2.45) is 11.8 Å². The van der Waals surface area contributed by atoms with Gasteiger partial charge in [0.15, 0.2) is 0 Å². The Bertz CT molecular complexity index is 867. The first-order valence-electron chi connectivity index (χ1n) is 10.2. The van der Waals surface area contributed by atoms with E-state index in [1.54, 1.807) is 0 Å². The van der Waals surface area contributed by atoms with Gasteiger partial charge in [-0.3, -0.25) is 9.59 Å². The number of hydrogen-bond donors (Lipinski definition) is 1. The third-order valence-electron chi connectivity index (χ3n) is 6.28. The van der Waals surface area contributed by atoms with Gasteiger partial charge in [-0.25, -0.2) is 4.68 Å². The van der Waals surface area contributed by atoms with Gasteiger partial charge >= 0.3 is 5.97 Å². The fraction of sp³-hybridized carbons (Fsp3) is 0.500. The molecule has 1 amide bonds. The van der Waals surface area contributed by atoms with Crippen molar-refractivity contribution in [2.45, 2.75) is 52.0 Å². The van der Waals surface area contributed by atoms with Crippen molar-refractivity contribution in [2.75, 3.05) is 6.54 Å². The lowest BCUT2D eigenvalue weighted by Crippen LogP contribution is -2.38. The summed E-state index contributed by atoms with van der Waals surface area (Å²) in [6.45, 7) is 3.36. The molecule has 1 aliphatic heterocycles. The number of fused-ring (bicyclic) bond motifs is 1. The molecule has 0 saturated heterocycles. The van der Waals surface area contributed by atoms with Crippen LogP contribution in [-0.2, 0) is 22.6 Å². The van der Waals surface area contributed by atoms with Crippen LogP contribution in [0.2, 0.25) is 0 Å². The van der Waals surface area contributed by atoms with Gasteiger partial charge in [0.25, 0.3) is 0 Å². The van der Waals surface area contributed by atoms with Gasteiger partial charge in [-0.05, 0) is 57.1 Å². The number of nitrogens with zero attached hydrogens (tertiary/aromatic N) is 3. The molecule has 1 saturated carbocycles. The molecule has 0 unspecified atom stereocenters. The Morgan fingerprint density at radius 1 is 1.14 bits per heavy atom. The normalized spacial score (nSPS) is 22.0. The molecule has 1 aromatic heterocycles. The smallest absolute Gasteiger partial charge is 0.306 e. The Labute approximate surface area is 165 Å². The minimum absolute atomic E-state index is 0.183. The van der Waals surface area contributed by atoms with Crippen LogP contribution < -0.4 is 0 Å². The zero-order valence-corrected chi connectivity index (χ0v) is 16.3. The van der Waals surface area contributed by atoms with E-state index in [1.807, 2.05) is 46.8 Å². The van der Waals surface area contributed by atoms with E-state index in [4.69, 9.17) is 10.2 Å². The average Bonchev–Trinajstić information content (AvgIpc) is 3.05. The molecule has 6 nitrogen and oxygen atoms in total. The van der Waals surface area contributed by atoms with Gasteiger partial charge in [-0.15, -0.1) is 0 Å². The minimum Gasteiger partial charge on any atom is -0.481 e. The van der Waals surface area contributed by atoms with E-state index < -0.39 is 5.97 Å². The second kappa shape index (κ2) is 7.78. The van der Waals surface area contributed by atoms with Crippen LogP contribution in [0.4, 0.5) is 0 Å². The molecule has 1 aromatic carbocycles. The van der Waals surface area contributed by atoms with Gasteiger partial charge in [0.1, 0.15) is 0 Å². The van der Waals surface area contributed by atoms with E-state index in [0.29, 0.717) is 31.7 Å². The minimum atomic E-state index is -0.696. The number of carboxylic acid groups (broad SMARTS) is 1. The number of benzene rings is 1. The topological polar surface area (TPSA) is 75.4 Å². The molecule has 1 aliphatic carbocycles. The van der Waals surface area contributed by atoms with Gasteiger partial charge in [-0.1, -0.05) is 18.2 Å². The zero-order chi connectivity index (χ0) is 19.7. The van der Waals surface area contributed by atoms with Crippen molar-refractivity contribution in [1.82, 2.24) is 14.7 Å². The number of carboxylic acids is 1. The summed E-state index contributed by atoms with van der Waals surface area (Å²) in [5.74, 6) is -0.432.